The van der Waals surface area contributed by atoms with Crippen molar-refractivity contribution in [2.75, 3.05) is 13.7 Å². The molecule has 1 aromatic heterocycles. The predicted molar refractivity (Wildman–Crippen MR) is 110 cm³/mol. The summed E-state index contributed by atoms with van der Waals surface area (Å²) in [6.45, 7) is 3.11. The van der Waals surface area contributed by atoms with Gasteiger partial charge in [0.2, 0.25) is 0 Å². The molecule has 3 aromatic rings. The van der Waals surface area contributed by atoms with Crippen molar-refractivity contribution in [1.82, 2.24) is 14.9 Å². The first-order valence-electron chi connectivity index (χ1n) is 9.70. The van der Waals surface area contributed by atoms with Crippen molar-refractivity contribution in [2.45, 2.75) is 26.3 Å². The number of phenolic OH excluding ortho intramolecular Hbond substituents is 1. The highest BCUT2D eigenvalue weighted by atomic mass is 16.5. The van der Waals surface area contributed by atoms with Crippen molar-refractivity contribution in [1.29, 1.82) is 0 Å². The molecule has 0 atom stereocenters. The van der Waals surface area contributed by atoms with Gasteiger partial charge in [0.05, 0.1) is 18.5 Å². The van der Waals surface area contributed by atoms with Crippen LogP contribution < -0.4 is 4.74 Å². The molecule has 1 amide bonds. The van der Waals surface area contributed by atoms with Crippen molar-refractivity contribution >= 4 is 5.91 Å². The number of methoxy groups -OCH3 is 1. The minimum atomic E-state index is -0.0190. The quantitative estimate of drug-likeness (QED) is 0.738. The van der Waals surface area contributed by atoms with E-state index in [0.29, 0.717) is 25.1 Å². The van der Waals surface area contributed by atoms with E-state index >= 15 is 0 Å². The number of rotatable bonds is 4. The summed E-state index contributed by atoms with van der Waals surface area (Å²) < 4.78 is 5.18. The fourth-order valence-corrected chi connectivity index (χ4v) is 3.57. The van der Waals surface area contributed by atoms with Gasteiger partial charge in [-0.1, -0.05) is 6.92 Å². The molecule has 2 heterocycles. The van der Waals surface area contributed by atoms with Crippen LogP contribution >= 0.6 is 0 Å². The lowest BCUT2D eigenvalue weighted by atomic mass is 9.98. The Hall–Kier alpha value is -3.41. The van der Waals surface area contributed by atoms with Gasteiger partial charge in [-0.25, -0.2) is 9.97 Å². The van der Waals surface area contributed by atoms with E-state index in [1.807, 2.05) is 24.0 Å². The summed E-state index contributed by atoms with van der Waals surface area (Å²) in [4.78, 5) is 24.3. The molecular weight excluding hydrogens is 366 g/mol. The molecule has 29 heavy (non-hydrogen) atoms. The van der Waals surface area contributed by atoms with E-state index in [2.05, 4.69) is 0 Å². The Morgan fingerprint density at radius 3 is 2.48 bits per heavy atom. The Balaban J connectivity index is 1.68. The minimum Gasteiger partial charge on any atom is -0.508 e. The molecule has 0 saturated carbocycles. The predicted octanol–water partition coefficient (Wildman–Crippen LogP) is 3.62. The van der Waals surface area contributed by atoms with Crippen LogP contribution in [-0.4, -0.2) is 39.5 Å². The molecule has 0 fully saturated rings. The van der Waals surface area contributed by atoms with Crippen molar-refractivity contribution in [3.8, 4) is 22.8 Å². The van der Waals surface area contributed by atoms with Crippen molar-refractivity contribution in [3.05, 3.63) is 71.2 Å². The van der Waals surface area contributed by atoms with Crippen LogP contribution in [0.4, 0.5) is 0 Å². The maximum absolute atomic E-state index is 13.0. The normalized spacial score (nSPS) is 13.1. The molecule has 1 aliphatic heterocycles. The number of aryl methyl sites for hydroxylation is 1. The number of aromatic nitrogens is 2. The average molecular weight is 389 g/mol. The van der Waals surface area contributed by atoms with Gasteiger partial charge in [-0.2, -0.15) is 0 Å². The van der Waals surface area contributed by atoms with Gasteiger partial charge in [-0.15, -0.1) is 0 Å². The fourth-order valence-electron chi connectivity index (χ4n) is 3.57. The van der Waals surface area contributed by atoms with Gasteiger partial charge in [0.15, 0.2) is 0 Å². The lowest BCUT2D eigenvalue weighted by Crippen LogP contribution is -2.37. The number of hydrogen-bond acceptors (Lipinski definition) is 5. The number of aromatic hydroxyl groups is 1. The van der Waals surface area contributed by atoms with E-state index < -0.39 is 0 Å². The first kappa shape index (κ1) is 18.9. The van der Waals surface area contributed by atoms with Crippen LogP contribution in [0, 0.1) is 0 Å². The number of fused-ring (bicyclic) bond motifs is 1. The van der Waals surface area contributed by atoms with E-state index in [4.69, 9.17) is 14.7 Å². The van der Waals surface area contributed by atoms with Crippen LogP contribution in [0.2, 0.25) is 0 Å². The third kappa shape index (κ3) is 3.78. The second-order valence-corrected chi connectivity index (χ2v) is 7.02. The summed E-state index contributed by atoms with van der Waals surface area (Å²) in [5.41, 5.74) is 4.35. The van der Waals surface area contributed by atoms with Gasteiger partial charge >= 0.3 is 0 Å². The molecule has 6 heteroatoms. The molecule has 4 rings (SSSR count). The topological polar surface area (TPSA) is 75.6 Å². The molecule has 0 radical (unpaired) electrons. The zero-order chi connectivity index (χ0) is 20.4. The lowest BCUT2D eigenvalue weighted by Gasteiger charge is -2.30. The molecular formula is C23H23N3O3. The van der Waals surface area contributed by atoms with Crippen molar-refractivity contribution in [2.24, 2.45) is 0 Å². The summed E-state index contributed by atoms with van der Waals surface area (Å²) in [5.74, 6) is 1.71. The second kappa shape index (κ2) is 7.91. The molecule has 0 saturated heterocycles. The van der Waals surface area contributed by atoms with Gasteiger partial charge in [-0.05, 0) is 48.5 Å². The van der Waals surface area contributed by atoms with Gasteiger partial charge in [0.1, 0.15) is 17.3 Å². The fraction of sp³-hybridized carbons (Fsp3) is 0.261. The van der Waals surface area contributed by atoms with Gasteiger partial charge in [0, 0.05) is 42.6 Å². The zero-order valence-electron chi connectivity index (χ0n) is 16.6. The maximum Gasteiger partial charge on any atom is 0.254 e. The van der Waals surface area contributed by atoms with Crippen LogP contribution in [0.5, 0.6) is 11.5 Å². The third-order valence-corrected chi connectivity index (χ3v) is 5.19. The summed E-state index contributed by atoms with van der Waals surface area (Å²) >= 11 is 0. The zero-order valence-corrected chi connectivity index (χ0v) is 16.6. The number of carbonyl (C=O) groups is 1. The van der Waals surface area contributed by atoms with Crippen molar-refractivity contribution < 1.29 is 14.6 Å². The van der Waals surface area contributed by atoms with E-state index in [1.54, 1.807) is 43.5 Å². The summed E-state index contributed by atoms with van der Waals surface area (Å²) in [5, 5.41) is 9.63. The number of hydrogen-bond donors (Lipinski definition) is 1. The van der Waals surface area contributed by atoms with E-state index in [9.17, 15) is 9.90 Å². The Labute approximate surface area is 169 Å². The van der Waals surface area contributed by atoms with Gasteiger partial charge in [-0.3, -0.25) is 4.79 Å². The third-order valence-electron chi connectivity index (χ3n) is 5.19. The number of phenols is 1. The van der Waals surface area contributed by atoms with E-state index in [-0.39, 0.29) is 11.7 Å². The monoisotopic (exact) mass is 389 g/mol. The number of benzene rings is 2. The minimum absolute atomic E-state index is 0.0190. The molecule has 0 aliphatic carbocycles. The number of ether oxygens (including phenoxy) is 1. The molecule has 0 spiro atoms. The largest absolute Gasteiger partial charge is 0.508 e. The molecule has 0 bridgehead atoms. The van der Waals surface area contributed by atoms with Gasteiger partial charge < -0.3 is 14.7 Å². The Bertz CT molecular complexity index is 1030. The van der Waals surface area contributed by atoms with E-state index in [1.165, 1.54) is 0 Å². The van der Waals surface area contributed by atoms with Crippen LogP contribution in [0.3, 0.4) is 0 Å². The number of amides is 1. The first-order chi connectivity index (χ1) is 14.1. The van der Waals surface area contributed by atoms with Crippen LogP contribution in [-0.2, 0) is 19.4 Å². The SMILES string of the molecule is CCc1nc2c(c(-c3ccc(O)cc3)n1)CN(C(=O)c1ccc(OC)cc1)CC2. The highest BCUT2D eigenvalue weighted by Crippen LogP contribution is 2.30. The summed E-state index contributed by atoms with van der Waals surface area (Å²) in [6.07, 6.45) is 1.44. The smallest absolute Gasteiger partial charge is 0.254 e. The summed E-state index contributed by atoms with van der Waals surface area (Å²) in [7, 11) is 1.60. The average Bonchev–Trinajstić information content (AvgIpc) is 2.78. The van der Waals surface area contributed by atoms with Gasteiger partial charge in [0.25, 0.3) is 5.91 Å². The molecule has 2 aromatic carbocycles. The highest BCUT2D eigenvalue weighted by molar-refractivity contribution is 5.94. The highest BCUT2D eigenvalue weighted by Gasteiger charge is 2.26. The Morgan fingerprint density at radius 2 is 1.83 bits per heavy atom. The second-order valence-electron chi connectivity index (χ2n) is 7.02. The standard InChI is InChI=1S/C23H23N3O3/c1-3-21-24-20-12-13-26(23(28)16-6-10-18(29-2)11-7-16)14-19(20)22(25-21)15-4-8-17(27)9-5-15/h4-11,27H,3,12-14H2,1-2H3. The molecule has 148 valence electrons. The molecule has 1 aliphatic rings. The van der Waals surface area contributed by atoms with Crippen LogP contribution in [0.1, 0.15) is 34.4 Å². The Morgan fingerprint density at radius 1 is 1.10 bits per heavy atom. The molecule has 0 unspecified atom stereocenters. The number of carbonyl (C=O) groups excluding carboxylic acids is 1. The molecule has 1 N–H and O–H groups in total. The van der Waals surface area contributed by atoms with Crippen LogP contribution in [0.15, 0.2) is 48.5 Å². The van der Waals surface area contributed by atoms with Crippen LogP contribution in [0.25, 0.3) is 11.3 Å². The summed E-state index contributed by atoms with van der Waals surface area (Å²) in [6, 6.07) is 14.2. The molecule has 6 nitrogen and oxygen atoms in total. The Kier molecular flexibility index (Phi) is 5.16. The number of nitrogens with zero attached hydrogens (tertiary/aromatic N) is 3. The first-order valence-corrected chi connectivity index (χ1v) is 9.70. The maximum atomic E-state index is 13.0. The van der Waals surface area contributed by atoms with Crippen molar-refractivity contribution in [3.63, 3.8) is 0 Å². The lowest BCUT2D eigenvalue weighted by molar-refractivity contribution is 0.0733. The van der Waals surface area contributed by atoms with E-state index in [0.717, 1.165) is 40.5 Å².